The number of carbonyl (C=O) groups is 4. The highest BCUT2D eigenvalue weighted by Crippen LogP contribution is 2.40. The van der Waals surface area contributed by atoms with Crippen molar-refractivity contribution in [3.63, 3.8) is 0 Å². The maximum Gasteiger partial charge on any atom is 0.432 e. The van der Waals surface area contributed by atoms with E-state index < -0.39 is 23.0 Å². The summed E-state index contributed by atoms with van der Waals surface area (Å²) < 4.78 is 6.28. The molecule has 240 valence electrons. The molecule has 46 heavy (non-hydrogen) atoms. The smallest absolute Gasteiger partial charge is 0.432 e. The van der Waals surface area contributed by atoms with Gasteiger partial charge < -0.3 is 25.0 Å². The van der Waals surface area contributed by atoms with E-state index in [1.54, 1.807) is 52.5 Å². The number of anilines is 1. The molecule has 1 aliphatic rings. The second-order valence-corrected chi connectivity index (χ2v) is 13.2. The molecule has 4 aromatic rings. The molecule has 0 atom stereocenters. The van der Waals surface area contributed by atoms with Gasteiger partial charge >= 0.3 is 12.2 Å². The van der Waals surface area contributed by atoms with Crippen LogP contribution in [-0.4, -0.2) is 85.5 Å². The zero-order chi connectivity index (χ0) is 33.4. The van der Waals surface area contributed by atoms with Crippen LogP contribution in [0, 0.1) is 0 Å². The number of benzene rings is 2. The van der Waals surface area contributed by atoms with Gasteiger partial charge in [-0.3, -0.25) is 14.6 Å². The number of nitrogens with one attached hydrogen (secondary N) is 1. The van der Waals surface area contributed by atoms with Crippen LogP contribution in [0.15, 0.2) is 60.9 Å². The topological polar surface area (TPSA) is 147 Å². The molecule has 0 spiro atoms. The molecule has 2 N–H and O–H groups in total. The van der Waals surface area contributed by atoms with Crippen LogP contribution in [0.2, 0.25) is 0 Å². The zero-order valence-electron chi connectivity index (χ0n) is 26.8. The molecule has 0 aliphatic carbocycles. The Morgan fingerprint density at radius 2 is 1.43 bits per heavy atom. The number of piperazine rings is 1. The lowest BCUT2D eigenvalue weighted by Gasteiger charge is -2.35. The van der Waals surface area contributed by atoms with E-state index in [0.717, 1.165) is 21.4 Å². The van der Waals surface area contributed by atoms with Gasteiger partial charge in [-0.2, -0.15) is 9.78 Å². The summed E-state index contributed by atoms with van der Waals surface area (Å²) in [4.78, 5) is 58.8. The first-order valence-electron chi connectivity index (χ1n) is 15.0. The van der Waals surface area contributed by atoms with Crippen LogP contribution in [0.5, 0.6) is 0 Å². The van der Waals surface area contributed by atoms with Crippen molar-refractivity contribution in [3.8, 4) is 11.1 Å². The molecular weight excluding hydrogens is 588 g/mol. The Labute approximate surface area is 267 Å². The maximum absolute atomic E-state index is 13.5. The third-order valence-corrected chi connectivity index (χ3v) is 7.59. The van der Waals surface area contributed by atoms with E-state index in [1.807, 2.05) is 59.7 Å². The third-order valence-electron chi connectivity index (χ3n) is 7.59. The van der Waals surface area contributed by atoms with Crippen molar-refractivity contribution in [3.05, 3.63) is 77.7 Å². The Morgan fingerprint density at radius 3 is 2.00 bits per heavy atom. The highest BCUT2D eigenvalue weighted by Gasteiger charge is 2.31. The minimum absolute atomic E-state index is 0.0155. The average molecular weight is 627 g/mol. The molecule has 12 heteroatoms. The lowest BCUT2D eigenvalue weighted by atomic mass is 9.79. The second-order valence-electron chi connectivity index (χ2n) is 13.2. The Balaban J connectivity index is 1.46. The van der Waals surface area contributed by atoms with Gasteiger partial charge in [0.15, 0.2) is 5.69 Å². The molecule has 3 heterocycles. The summed E-state index contributed by atoms with van der Waals surface area (Å²) in [5, 5.41) is 17.4. The number of amides is 3. The summed E-state index contributed by atoms with van der Waals surface area (Å²) in [6.45, 7) is 13.0. The molecule has 3 amide bonds. The largest absolute Gasteiger partial charge is 0.463 e. The van der Waals surface area contributed by atoms with Gasteiger partial charge in [-0.15, -0.1) is 0 Å². The molecule has 0 radical (unpaired) electrons. The van der Waals surface area contributed by atoms with Crippen molar-refractivity contribution in [1.29, 1.82) is 0 Å². The number of hydrogen-bond donors (Lipinski definition) is 2. The Bertz CT molecular complexity index is 1790. The molecule has 2 aromatic heterocycles. The Hall–Kier alpha value is -5.26. The molecule has 1 saturated heterocycles. The first kappa shape index (κ1) is 32.1. The normalized spacial score (nSPS) is 13.9. The molecule has 2 aromatic carbocycles. The Morgan fingerprint density at radius 1 is 0.826 bits per heavy atom. The fourth-order valence-electron chi connectivity index (χ4n) is 5.56. The van der Waals surface area contributed by atoms with Crippen LogP contribution < -0.4 is 5.32 Å². The lowest BCUT2D eigenvalue weighted by Crippen LogP contribution is -2.51. The van der Waals surface area contributed by atoms with Crippen molar-refractivity contribution < 1.29 is 29.0 Å². The predicted molar refractivity (Wildman–Crippen MR) is 173 cm³/mol. The number of pyridine rings is 1. The molecule has 0 unspecified atom stereocenters. The van der Waals surface area contributed by atoms with Gasteiger partial charge in [0.1, 0.15) is 5.60 Å². The quantitative estimate of drug-likeness (QED) is 0.286. The van der Waals surface area contributed by atoms with Crippen LogP contribution in [0.1, 0.15) is 68.0 Å². The standard InChI is InChI=1S/C34H38N6O6/c1-33(2,3)27-24(11-12-25-26(27)28(37-40(25)31(43)44)29(41)36-23-13-15-35-16-14-23)21-7-9-22(10-8-21)30(42)38-17-19-39(20-18-38)32(45)46-34(4,5)6/h7-16H,17-20H2,1-6H3,(H,43,44)(H,35,36,41). The lowest BCUT2D eigenvalue weighted by molar-refractivity contribution is 0.0141. The van der Waals surface area contributed by atoms with Crippen molar-refractivity contribution >= 4 is 40.6 Å². The van der Waals surface area contributed by atoms with Crippen molar-refractivity contribution in [2.24, 2.45) is 0 Å². The summed E-state index contributed by atoms with van der Waals surface area (Å²) in [7, 11) is 0. The number of fused-ring (bicyclic) bond motifs is 1. The molecule has 5 rings (SSSR count). The van der Waals surface area contributed by atoms with E-state index in [2.05, 4.69) is 15.4 Å². The fraction of sp³-hybridized carbons (Fsp3) is 0.353. The maximum atomic E-state index is 13.5. The molecular formula is C34H38N6O6. The van der Waals surface area contributed by atoms with E-state index in [4.69, 9.17) is 4.74 Å². The zero-order valence-corrected chi connectivity index (χ0v) is 26.8. The van der Waals surface area contributed by atoms with E-state index in [-0.39, 0.29) is 17.7 Å². The van der Waals surface area contributed by atoms with Crippen LogP contribution in [-0.2, 0) is 10.2 Å². The monoisotopic (exact) mass is 626 g/mol. The van der Waals surface area contributed by atoms with Crippen LogP contribution in [0.25, 0.3) is 22.0 Å². The van der Waals surface area contributed by atoms with Gasteiger partial charge in [0.2, 0.25) is 0 Å². The number of rotatable bonds is 4. The van der Waals surface area contributed by atoms with Crippen molar-refractivity contribution in [1.82, 2.24) is 24.6 Å². The van der Waals surface area contributed by atoms with Crippen LogP contribution in [0.3, 0.4) is 0 Å². The highest BCUT2D eigenvalue weighted by atomic mass is 16.6. The summed E-state index contributed by atoms with van der Waals surface area (Å²) in [5.74, 6) is -0.689. The van der Waals surface area contributed by atoms with Crippen LogP contribution >= 0.6 is 0 Å². The van der Waals surface area contributed by atoms with Crippen LogP contribution in [0.4, 0.5) is 15.3 Å². The van der Waals surface area contributed by atoms with Crippen molar-refractivity contribution in [2.45, 2.75) is 52.6 Å². The number of aromatic nitrogens is 3. The molecule has 12 nitrogen and oxygen atoms in total. The molecule has 0 saturated carbocycles. The minimum atomic E-state index is -1.31. The highest BCUT2D eigenvalue weighted by molar-refractivity contribution is 6.14. The molecule has 0 bridgehead atoms. The molecule has 1 fully saturated rings. The summed E-state index contributed by atoms with van der Waals surface area (Å²) in [5.41, 5.74) is 2.48. The minimum Gasteiger partial charge on any atom is -0.463 e. The number of ether oxygens (including phenoxy) is 1. The van der Waals surface area contributed by atoms with Gasteiger partial charge in [-0.25, -0.2) is 9.59 Å². The molecule has 1 aliphatic heterocycles. The number of carbonyl (C=O) groups excluding carboxylic acids is 3. The predicted octanol–water partition coefficient (Wildman–Crippen LogP) is 5.87. The summed E-state index contributed by atoms with van der Waals surface area (Å²) >= 11 is 0. The van der Waals surface area contributed by atoms with Gasteiger partial charge in [-0.1, -0.05) is 39.0 Å². The summed E-state index contributed by atoms with van der Waals surface area (Å²) in [6.07, 6.45) is 1.39. The first-order valence-corrected chi connectivity index (χ1v) is 15.0. The van der Waals surface area contributed by atoms with Gasteiger partial charge in [0, 0.05) is 55.2 Å². The second kappa shape index (κ2) is 12.3. The number of nitrogens with zero attached hydrogens (tertiary/aromatic N) is 5. The van der Waals surface area contributed by atoms with Gasteiger partial charge in [-0.05, 0) is 73.2 Å². The van der Waals surface area contributed by atoms with Gasteiger partial charge in [0.25, 0.3) is 11.8 Å². The van der Waals surface area contributed by atoms with E-state index in [0.29, 0.717) is 48.3 Å². The van der Waals surface area contributed by atoms with E-state index in [9.17, 15) is 24.3 Å². The summed E-state index contributed by atoms with van der Waals surface area (Å²) in [6, 6.07) is 13.9. The third kappa shape index (κ3) is 6.70. The van der Waals surface area contributed by atoms with E-state index >= 15 is 0 Å². The number of hydrogen-bond acceptors (Lipinski definition) is 7. The first-order chi connectivity index (χ1) is 21.6. The van der Waals surface area contributed by atoms with Crippen molar-refractivity contribution in [2.75, 3.05) is 31.5 Å². The fourth-order valence-corrected chi connectivity index (χ4v) is 5.56. The number of carboxylic acid groups (broad SMARTS) is 1. The average Bonchev–Trinajstić information content (AvgIpc) is 3.40. The SMILES string of the molecule is CC(C)(C)OC(=O)N1CCN(C(=O)c2ccc(-c3ccc4c(c(C(=O)Nc5ccncc5)nn4C(=O)O)c3C(C)(C)C)cc2)CC1. The Kier molecular flexibility index (Phi) is 8.57. The van der Waals surface area contributed by atoms with E-state index in [1.165, 1.54) is 0 Å². The van der Waals surface area contributed by atoms with Gasteiger partial charge in [0.05, 0.1) is 5.52 Å².